The number of hydrogen-bond donors (Lipinski definition) is 2. The van der Waals surface area contributed by atoms with Crippen LogP contribution in [-0.2, 0) is 16.0 Å². The van der Waals surface area contributed by atoms with Gasteiger partial charge in [0.05, 0.1) is 11.3 Å². The SMILES string of the molecule is CC[C@@H](C)[C@H](NC(=O)Cc1cccc([N+](=O)[O-])c1)C(=O)O. The normalized spacial score (nSPS) is 13.2. The summed E-state index contributed by atoms with van der Waals surface area (Å²) in [4.78, 5) is 33.1. The van der Waals surface area contributed by atoms with Crippen molar-refractivity contribution < 1.29 is 19.6 Å². The van der Waals surface area contributed by atoms with Crippen LogP contribution in [0.2, 0.25) is 0 Å². The summed E-state index contributed by atoms with van der Waals surface area (Å²) < 4.78 is 0. The fourth-order valence-electron chi connectivity index (χ4n) is 1.87. The summed E-state index contributed by atoms with van der Waals surface area (Å²) in [7, 11) is 0. The molecule has 2 N–H and O–H groups in total. The smallest absolute Gasteiger partial charge is 0.326 e. The molecule has 21 heavy (non-hydrogen) atoms. The minimum atomic E-state index is -1.09. The number of carboxylic acids is 1. The monoisotopic (exact) mass is 294 g/mol. The van der Waals surface area contributed by atoms with Crippen LogP contribution in [0.3, 0.4) is 0 Å². The lowest BCUT2D eigenvalue weighted by molar-refractivity contribution is -0.384. The summed E-state index contributed by atoms with van der Waals surface area (Å²) in [5.74, 6) is -1.75. The molecule has 0 aromatic heterocycles. The third-order valence-corrected chi connectivity index (χ3v) is 3.28. The lowest BCUT2D eigenvalue weighted by Crippen LogP contribution is -2.45. The number of aliphatic carboxylic acids is 1. The van der Waals surface area contributed by atoms with Crippen molar-refractivity contribution in [1.82, 2.24) is 5.32 Å². The Morgan fingerprint density at radius 1 is 1.43 bits per heavy atom. The van der Waals surface area contributed by atoms with Gasteiger partial charge in [0, 0.05) is 12.1 Å². The molecular weight excluding hydrogens is 276 g/mol. The van der Waals surface area contributed by atoms with Gasteiger partial charge in [-0.15, -0.1) is 0 Å². The van der Waals surface area contributed by atoms with E-state index in [9.17, 15) is 19.7 Å². The zero-order chi connectivity index (χ0) is 16.0. The number of non-ortho nitro benzene ring substituents is 1. The van der Waals surface area contributed by atoms with Crippen LogP contribution in [0, 0.1) is 16.0 Å². The van der Waals surface area contributed by atoms with E-state index in [1.807, 2.05) is 6.92 Å². The first-order valence-corrected chi connectivity index (χ1v) is 6.60. The molecule has 0 aliphatic rings. The molecule has 114 valence electrons. The highest BCUT2D eigenvalue weighted by molar-refractivity contribution is 5.85. The summed E-state index contributed by atoms with van der Waals surface area (Å²) >= 11 is 0. The predicted molar refractivity (Wildman–Crippen MR) is 75.8 cm³/mol. The Morgan fingerprint density at radius 3 is 2.62 bits per heavy atom. The average molecular weight is 294 g/mol. The zero-order valence-electron chi connectivity index (χ0n) is 11.9. The molecule has 7 heteroatoms. The first-order chi connectivity index (χ1) is 9.85. The first-order valence-electron chi connectivity index (χ1n) is 6.60. The third-order valence-electron chi connectivity index (χ3n) is 3.28. The molecule has 1 rings (SSSR count). The maximum absolute atomic E-state index is 11.9. The van der Waals surface area contributed by atoms with E-state index >= 15 is 0 Å². The molecule has 0 spiro atoms. The molecule has 7 nitrogen and oxygen atoms in total. The Kier molecular flexibility index (Phi) is 5.83. The lowest BCUT2D eigenvalue weighted by Gasteiger charge is -2.20. The van der Waals surface area contributed by atoms with Gasteiger partial charge in [-0.25, -0.2) is 4.79 Å². The maximum Gasteiger partial charge on any atom is 0.326 e. The Morgan fingerprint density at radius 2 is 2.10 bits per heavy atom. The van der Waals surface area contributed by atoms with Crippen LogP contribution in [0.25, 0.3) is 0 Å². The van der Waals surface area contributed by atoms with E-state index in [2.05, 4.69) is 5.32 Å². The third kappa shape index (κ3) is 4.87. The Balaban J connectivity index is 2.74. The highest BCUT2D eigenvalue weighted by Gasteiger charge is 2.25. The first kappa shape index (κ1) is 16.6. The van der Waals surface area contributed by atoms with Crippen molar-refractivity contribution in [2.75, 3.05) is 0 Å². The quantitative estimate of drug-likeness (QED) is 0.588. The molecule has 0 aliphatic carbocycles. The second-order valence-electron chi connectivity index (χ2n) is 4.87. The predicted octanol–water partition coefficient (Wildman–Crippen LogP) is 1.75. The standard InChI is InChI=1S/C14H18N2O5/c1-3-9(2)13(14(18)19)15-12(17)8-10-5-4-6-11(7-10)16(20)21/h4-7,9,13H,3,8H2,1-2H3,(H,15,17)(H,18,19)/t9-,13+/m1/s1. The van der Waals surface area contributed by atoms with E-state index in [1.54, 1.807) is 13.0 Å². The van der Waals surface area contributed by atoms with E-state index in [0.29, 0.717) is 12.0 Å². The Labute approximate surface area is 122 Å². The summed E-state index contributed by atoms with van der Waals surface area (Å²) in [5, 5.41) is 22.2. The molecule has 0 fully saturated rings. The van der Waals surface area contributed by atoms with Crippen LogP contribution in [0.1, 0.15) is 25.8 Å². The van der Waals surface area contributed by atoms with Gasteiger partial charge < -0.3 is 10.4 Å². The fraction of sp³-hybridized carbons (Fsp3) is 0.429. The van der Waals surface area contributed by atoms with Crippen molar-refractivity contribution in [3.05, 3.63) is 39.9 Å². The summed E-state index contributed by atoms with van der Waals surface area (Å²) in [6.45, 7) is 3.58. The molecule has 1 amide bonds. The van der Waals surface area contributed by atoms with Crippen molar-refractivity contribution in [2.24, 2.45) is 5.92 Å². The highest BCUT2D eigenvalue weighted by atomic mass is 16.6. The molecule has 1 aromatic rings. The summed E-state index contributed by atoms with van der Waals surface area (Å²) in [6, 6.07) is 4.76. The Bertz CT molecular complexity index is 544. The van der Waals surface area contributed by atoms with Gasteiger partial charge in [0.1, 0.15) is 6.04 Å². The van der Waals surface area contributed by atoms with E-state index in [1.165, 1.54) is 18.2 Å². The minimum absolute atomic E-state index is 0.0953. The number of nitro groups is 1. The van der Waals surface area contributed by atoms with E-state index < -0.39 is 22.8 Å². The van der Waals surface area contributed by atoms with E-state index in [0.717, 1.165) is 0 Å². The molecular formula is C14H18N2O5. The van der Waals surface area contributed by atoms with Crippen LogP contribution in [0.15, 0.2) is 24.3 Å². The number of carbonyl (C=O) groups is 2. The molecule has 0 heterocycles. The van der Waals surface area contributed by atoms with Gasteiger partial charge in [-0.2, -0.15) is 0 Å². The number of carbonyl (C=O) groups excluding carboxylic acids is 1. The highest BCUT2D eigenvalue weighted by Crippen LogP contribution is 2.14. The van der Waals surface area contributed by atoms with Gasteiger partial charge in [0.2, 0.25) is 5.91 Å². The Hall–Kier alpha value is -2.44. The van der Waals surface area contributed by atoms with Gasteiger partial charge in [0.25, 0.3) is 5.69 Å². The number of benzene rings is 1. The molecule has 1 aromatic carbocycles. The van der Waals surface area contributed by atoms with Crippen LogP contribution in [0.4, 0.5) is 5.69 Å². The van der Waals surface area contributed by atoms with Gasteiger partial charge >= 0.3 is 5.97 Å². The summed E-state index contributed by atoms with van der Waals surface area (Å²) in [6.07, 6.45) is 0.524. The van der Waals surface area contributed by atoms with Crippen molar-refractivity contribution in [1.29, 1.82) is 0 Å². The average Bonchev–Trinajstić information content (AvgIpc) is 2.43. The number of nitrogens with zero attached hydrogens (tertiary/aromatic N) is 1. The van der Waals surface area contributed by atoms with Crippen LogP contribution in [-0.4, -0.2) is 27.9 Å². The molecule has 0 unspecified atom stereocenters. The second-order valence-corrected chi connectivity index (χ2v) is 4.87. The van der Waals surface area contributed by atoms with Crippen LogP contribution in [0.5, 0.6) is 0 Å². The number of carboxylic acid groups (broad SMARTS) is 1. The number of amides is 1. The van der Waals surface area contributed by atoms with Gasteiger partial charge in [0.15, 0.2) is 0 Å². The fourth-order valence-corrected chi connectivity index (χ4v) is 1.87. The number of hydrogen-bond acceptors (Lipinski definition) is 4. The van der Waals surface area contributed by atoms with E-state index in [-0.39, 0.29) is 18.0 Å². The minimum Gasteiger partial charge on any atom is -0.480 e. The zero-order valence-corrected chi connectivity index (χ0v) is 11.9. The molecule has 0 saturated heterocycles. The summed E-state index contributed by atoms with van der Waals surface area (Å²) in [5.41, 5.74) is 0.368. The molecule has 2 atom stereocenters. The lowest BCUT2D eigenvalue weighted by atomic mass is 9.99. The number of nitro benzene ring substituents is 1. The largest absolute Gasteiger partial charge is 0.480 e. The van der Waals surface area contributed by atoms with Crippen LogP contribution >= 0.6 is 0 Å². The molecule has 0 saturated carbocycles. The van der Waals surface area contributed by atoms with Gasteiger partial charge in [-0.1, -0.05) is 32.4 Å². The topological polar surface area (TPSA) is 110 Å². The van der Waals surface area contributed by atoms with Crippen LogP contribution < -0.4 is 5.32 Å². The number of rotatable bonds is 7. The van der Waals surface area contributed by atoms with Gasteiger partial charge in [-0.3, -0.25) is 14.9 Å². The number of nitrogens with one attached hydrogen (secondary N) is 1. The van der Waals surface area contributed by atoms with E-state index in [4.69, 9.17) is 5.11 Å². The molecule has 0 bridgehead atoms. The van der Waals surface area contributed by atoms with Gasteiger partial charge in [-0.05, 0) is 11.5 Å². The molecule has 0 radical (unpaired) electrons. The van der Waals surface area contributed by atoms with Crippen molar-refractivity contribution >= 4 is 17.6 Å². The van der Waals surface area contributed by atoms with Crippen molar-refractivity contribution in [2.45, 2.75) is 32.7 Å². The van der Waals surface area contributed by atoms with Crippen molar-refractivity contribution in [3.63, 3.8) is 0 Å². The van der Waals surface area contributed by atoms with Crippen molar-refractivity contribution in [3.8, 4) is 0 Å². The molecule has 0 aliphatic heterocycles. The second kappa shape index (κ2) is 7.37. The maximum atomic E-state index is 11.9.